The molecule has 1 aliphatic heterocycles. The van der Waals surface area contributed by atoms with Crippen LogP contribution < -0.4 is 0 Å². The lowest BCUT2D eigenvalue weighted by Gasteiger charge is -2.14. The topological polar surface area (TPSA) is 24.0 Å². The number of nitrogens with one attached hydrogen (secondary N) is 1. The van der Waals surface area contributed by atoms with Gasteiger partial charge in [-0.3, -0.25) is 0 Å². The number of likely N-dealkylation sites (tertiary alicyclic amines) is 1. The van der Waals surface area contributed by atoms with Crippen molar-refractivity contribution in [3.8, 4) is 0 Å². The molecule has 90 valence electrons. The number of aromatic nitrogens is 2. The van der Waals surface area contributed by atoms with Crippen LogP contribution in [-0.2, 0) is 13.0 Å². The van der Waals surface area contributed by atoms with Crippen LogP contribution in [0.25, 0.3) is 0 Å². The normalized spacial score (nSPS) is 17.1. The van der Waals surface area contributed by atoms with Crippen molar-refractivity contribution >= 4 is 12.2 Å². The Morgan fingerprint density at radius 2 is 2.06 bits per heavy atom. The van der Waals surface area contributed by atoms with Gasteiger partial charge in [0.25, 0.3) is 0 Å². The van der Waals surface area contributed by atoms with Crippen molar-refractivity contribution in [2.45, 2.75) is 39.2 Å². The minimum atomic E-state index is 0.873. The summed E-state index contributed by atoms with van der Waals surface area (Å²) in [6.45, 7) is 7.03. The molecule has 0 unspecified atom stereocenters. The van der Waals surface area contributed by atoms with Gasteiger partial charge in [-0.25, -0.2) is 0 Å². The molecule has 3 nitrogen and oxygen atoms in total. The minimum absolute atomic E-state index is 0.873. The number of aromatic amines is 1. The highest BCUT2D eigenvalue weighted by molar-refractivity contribution is 7.71. The summed E-state index contributed by atoms with van der Waals surface area (Å²) < 4.78 is 3.11. The van der Waals surface area contributed by atoms with Gasteiger partial charge in [0.2, 0.25) is 0 Å². The highest BCUT2D eigenvalue weighted by Gasteiger charge is 2.10. The fourth-order valence-electron chi connectivity index (χ4n) is 2.43. The summed E-state index contributed by atoms with van der Waals surface area (Å²) in [5.74, 6) is 0. The molecule has 0 atom stereocenters. The SMILES string of the molecule is CCc1c[nH]c(=S)n1CCCN1CCCC1. The first-order valence-electron chi connectivity index (χ1n) is 6.30. The number of nitrogens with zero attached hydrogens (tertiary/aromatic N) is 2. The molecule has 1 aromatic heterocycles. The molecule has 1 aliphatic rings. The number of rotatable bonds is 5. The number of aryl methyl sites for hydroxylation is 1. The molecule has 0 amide bonds. The van der Waals surface area contributed by atoms with E-state index in [-0.39, 0.29) is 0 Å². The lowest BCUT2D eigenvalue weighted by molar-refractivity contribution is 0.324. The maximum absolute atomic E-state index is 5.28. The standard InChI is InChI=1S/C12H21N3S/c1-2-11-10-13-12(16)15(11)9-5-8-14-6-3-4-7-14/h10H,2-9H2,1H3,(H,13,16). The molecular formula is C12H21N3S. The lowest BCUT2D eigenvalue weighted by atomic mass is 10.3. The molecule has 4 heteroatoms. The van der Waals surface area contributed by atoms with Crippen molar-refractivity contribution in [2.75, 3.05) is 19.6 Å². The predicted octanol–water partition coefficient (Wildman–Crippen LogP) is 2.59. The summed E-state index contributed by atoms with van der Waals surface area (Å²) in [6.07, 6.45) is 7.06. The van der Waals surface area contributed by atoms with Crippen LogP contribution >= 0.6 is 12.2 Å². The van der Waals surface area contributed by atoms with Crippen molar-refractivity contribution in [2.24, 2.45) is 0 Å². The van der Waals surface area contributed by atoms with Crippen LogP contribution in [0.5, 0.6) is 0 Å². The zero-order valence-electron chi connectivity index (χ0n) is 10.0. The third-order valence-electron chi connectivity index (χ3n) is 3.37. The van der Waals surface area contributed by atoms with Crippen LogP contribution in [0, 0.1) is 4.77 Å². The molecule has 2 rings (SSSR count). The maximum atomic E-state index is 5.28. The average Bonchev–Trinajstić information content (AvgIpc) is 2.90. The fourth-order valence-corrected chi connectivity index (χ4v) is 2.70. The molecule has 0 radical (unpaired) electrons. The van der Waals surface area contributed by atoms with E-state index in [1.165, 1.54) is 44.6 Å². The summed E-state index contributed by atoms with van der Waals surface area (Å²) in [5, 5.41) is 0. The molecule has 2 heterocycles. The summed E-state index contributed by atoms with van der Waals surface area (Å²) in [7, 11) is 0. The molecule has 1 fully saturated rings. The van der Waals surface area contributed by atoms with Crippen molar-refractivity contribution < 1.29 is 0 Å². The van der Waals surface area contributed by atoms with Gasteiger partial charge in [-0.1, -0.05) is 6.92 Å². The molecule has 0 saturated carbocycles. The highest BCUT2D eigenvalue weighted by atomic mass is 32.1. The van der Waals surface area contributed by atoms with Crippen LogP contribution in [0.3, 0.4) is 0 Å². The van der Waals surface area contributed by atoms with Crippen LogP contribution in [0.15, 0.2) is 6.20 Å². The van der Waals surface area contributed by atoms with Gasteiger partial charge in [0.05, 0.1) is 0 Å². The third-order valence-corrected chi connectivity index (χ3v) is 3.71. The van der Waals surface area contributed by atoms with Crippen LogP contribution in [-0.4, -0.2) is 34.1 Å². The second-order valence-electron chi connectivity index (χ2n) is 4.49. The summed E-state index contributed by atoms with van der Waals surface area (Å²) in [6, 6.07) is 0. The summed E-state index contributed by atoms with van der Waals surface area (Å²) in [5.41, 5.74) is 1.33. The monoisotopic (exact) mass is 239 g/mol. The molecule has 16 heavy (non-hydrogen) atoms. The molecular weight excluding hydrogens is 218 g/mol. The Bertz CT molecular complexity index is 374. The number of hydrogen-bond donors (Lipinski definition) is 1. The van der Waals surface area contributed by atoms with E-state index in [1.54, 1.807) is 0 Å². The van der Waals surface area contributed by atoms with Crippen molar-refractivity contribution in [1.82, 2.24) is 14.5 Å². The molecule has 1 saturated heterocycles. The molecule has 0 aromatic carbocycles. The van der Waals surface area contributed by atoms with Gasteiger partial charge in [0.15, 0.2) is 4.77 Å². The van der Waals surface area contributed by atoms with Gasteiger partial charge in [0, 0.05) is 18.4 Å². The van der Waals surface area contributed by atoms with Gasteiger partial charge in [0.1, 0.15) is 0 Å². The fraction of sp³-hybridized carbons (Fsp3) is 0.750. The summed E-state index contributed by atoms with van der Waals surface area (Å²) in [4.78, 5) is 5.69. The zero-order chi connectivity index (χ0) is 11.4. The van der Waals surface area contributed by atoms with E-state index in [2.05, 4.69) is 21.4 Å². The van der Waals surface area contributed by atoms with Gasteiger partial charge < -0.3 is 14.5 Å². The Kier molecular flexibility index (Phi) is 4.18. The Hall–Kier alpha value is -0.610. The Morgan fingerprint density at radius 3 is 2.75 bits per heavy atom. The van der Waals surface area contributed by atoms with Gasteiger partial charge in [-0.15, -0.1) is 0 Å². The van der Waals surface area contributed by atoms with Gasteiger partial charge in [-0.2, -0.15) is 0 Å². The first-order valence-corrected chi connectivity index (χ1v) is 6.71. The smallest absolute Gasteiger partial charge is 0.177 e. The third kappa shape index (κ3) is 2.74. The van der Waals surface area contributed by atoms with E-state index in [0.717, 1.165) is 17.7 Å². The maximum Gasteiger partial charge on any atom is 0.177 e. The van der Waals surface area contributed by atoms with Crippen molar-refractivity contribution in [3.05, 3.63) is 16.7 Å². The average molecular weight is 239 g/mol. The minimum Gasteiger partial charge on any atom is -0.337 e. The quantitative estimate of drug-likeness (QED) is 0.799. The molecule has 0 bridgehead atoms. The molecule has 1 N–H and O–H groups in total. The lowest BCUT2D eigenvalue weighted by Crippen LogP contribution is -2.21. The van der Waals surface area contributed by atoms with E-state index in [4.69, 9.17) is 12.2 Å². The van der Waals surface area contributed by atoms with Crippen LogP contribution in [0.2, 0.25) is 0 Å². The molecule has 1 aromatic rings. The van der Waals surface area contributed by atoms with E-state index in [0.29, 0.717) is 0 Å². The first kappa shape index (κ1) is 11.9. The molecule has 0 aliphatic carbocycles. The Morgan fingerprint density at radius 1 is 1.31 bits per heavy atom. The summed E-state index contributed by atoms with van der Waals surface area (Å²) >= 11 is 5.28. The van der Waals surface area contributed by atoms with Gasteiger partial charge >= 0.3 is 0 Å². The van der Waals surface area contributed by atoms with E-state index in [1.807, 2.05) is 6.20 Å². The van der Waals surface area contributed by atoms with Crippen molar-refractivity contribution in [1.29, 1.82) is 0 Å². The first-order chi connectivity index (χ1) is 7.81. The molecule has 0 spiro atoms. The Balaban J connectivity index is 1.84. The largest absolute Gasteiger partial charge is 0.337 e. The van der Waals surface area contributed by atoms with Crippen LogP contribution in [0.1, 0.15) is 31.9 Å². The van der Waals surface area contributed by atoms with E-state index >= 15 is 0 Å². The second-order valence-corrected chi connectivity index (χ2v) is 4.88. The van der Waals surface area contributed by atoms with E-state index < -0.39 is 0 Å². The number of H-pyrrole nitrogens is 1. The van der Waals surface area contributed by atoms with Crippen LogP contribution in [0.4, 0.5) is 0 Å². The van der Waals surface area contributed by atoms with Crippen molar-refractivity contribution in [3.63, 3.8) is 0 Å². The second kappa shape index (κ2) is 5.64. The number of imidazole rings is 1. The van der Waals surface area contributed by atoms with E-state index in [9.17, 15) is 0 Å². The zero-order valence-corrected chi connectivity index (χ0v) is 10.9. The number of hydrogen-bond acceptors (Lipinski definition) is 2. The Labute approximate surface area is 102 Å². The van der Waals surface area contributed by atoms with Gasteiger partial charge in [-0.05, 0) is 57.5 Å². The highest BCUT2D eigenvalue weighted by Crippen LogP contribution is 2.09. The predicted molar refractivity (Wildman–Crippen MR) is 69.3 cm³/mol.